The van der Waals surface area contributed by atoms with Crippen molar-refractivity contribution >= 4 is 34.9 Å². The number of para-hydroxylation sites is 2. The number of nitrogens with zero attached hydrogens (tertiary/aromatic N) is 1. The van der Waals surface area contributed by atoms with E-state index >= 15 is 0 Å². The summed E-state index contributed by atoms with van der Waals surface area (Å²) in [7, 11) is 0. The summed E-state index contributed by atoms with van der Waals surface area (Å²) in [6.07, 6.45) is 0. The van der Waals surface area contributed by atoms with Gasteiger partial charge in [0.05, 0.1) is 15.0 Å². The van der Waals surface area contributed by atoms with Crippen LogP contribution in [0.5, 0.6) is 11.5 Å². The fraction of sp³-hybridized carbons (Fsp3) is 0.0714. The molecule has 0 amide bonds. The fourth-order valence-corrected chi connectivity index (χ4v) is 1.86. The van der Waals surface area contributed by atoms with Gasteiger partial charge >= 0.3 is 11.7 Å². The van der Waals surface area contributed by atoms with E-state index in [1.54, 1.807) is 6.07 Å². The molecule has 2 aromatic carbocycles. The van der Waals surface area contributed by atoms with E-state index in [2.05, 4.69) is 0 Å². The van der Waals surface area contributed by atoms with Gasteiger partial charge in [-0.3, -0.25) is 10.1 Å². The van der Waals surface area contributed by atoms with E-state index < -0.39 is 17.5 Å². The molecule has 6 nitrogen and oxygen atoms in total. The van der Waals surface area contributed by atoms with E-state index in [9.17, 15) is 14.9 Å². The van der Waals surface area contributed by atoms with Crippen LogP contribution in [-0.4, -0.2) is 17.5 Å². The van der Waals surface area contributed by atoms with Gasteiger partial charge in [-0.1, -0.05) is 35.3 Å². The molecule has 0 radical (unpaired) electrons. The zero-order chi connectivity index (χ0) is 16.1. The SMILES string of the molecule is O=C(COc1ccccc1[N+](=O)[O-])Oc1ccc(Cl)c(Cl)c1. The summed E-state index contributed by atoms with van der Waals surface area (Å²) in [6.45, 7) is -0.481. The number of rotatable bonds is 5. The zero-order valence-electron chi connectivity index (χ0n) is 11.0. The first-order chi connectivity index (χ1) is 10.5. The van der Waals surface area contributed by atoms with Gasteiger partial charge in [-0.05, 0) is 18.2 Å². The largest absolute Gasteiger partial charge is 0.475 e. The number of benzene rings is 2. The fourth-order valence-electron chi connectivity index (χ4n) is 1.57. The third-order valence-corrected chi connectivity index (χ3v) is 3.27. The van der Waals surface area contributed by atoms with Gasteiger partial charge in [0, 0.05) is 12.1 Å². The van der Waals surface area contributed by atoms with Crippen molar-refractivity contribution < 1.29 is 19.2 Å². The number of halogens is 2. The minimum atomic E-state index is -0.725. The summed E-state index contributed by atoms with van der Waals surface area (Å²) in [6, 6.07) is 10.1. The average Bonchev–Trinajstić information content (AvgIpc) is 2.49. The number of hydrogen-bond acceptors (Lipinski definition) is 5. The van der Waals surface area contributed by atoms with Crippen molar-refractivity contribution in [2.24, 2.45) is 0 Å². The summed E-state index contributed by atoms with van der Waals surface area (Å²) in [5.41, 5.74) is -0.232. The summed E-state index contributed by atoms with van der Waals surface area (Å²) in [5.74, 6) is -0.541. The van der Waals surface area contributed by atoms with Gasteiger partial charge in [-0.25, -0.2) is 4.79 Å². The second kappa shape index (κ2) is 7.11. The zero-order valence-corrected chi connectivity index (χ0v) is 12.5. The van der Waals surface area contributed by atoms with Crippen molar-refractivity contribution in [3.8, 4) is 11.5 Å². The van der Waals surface area contributed by atoms with E-state index in [-0.39, 0.29) is 22.2 Å². The molecule has 0 heterocycles. The number of nitro benzene ring substituents is 1. The van der Waals surface area contributed by atoms with Gasteiger partial charge in [0.1, 0.15) is 5.75 Å². The lowest BCUT2D eigenvalue weighted by atomic mass is 10.3. The Morgan fingerprint density at radius 1 is 1.14 bits per heavy atom. The molecular formula is C14H9Cl2NO5. The predicted octanol–water partition coefficient (Wildman–Crippen LogP) is 3.89. The maximum atomic E-state index is 11.7. The molecule has 0 fully saturated rings. The van der Waals surface area contributed by atoms with Crippen molar-refractivity contribution in [1.82, 2.24) is 0 Å². The Kier molecular flexibility index (Phi) is 5.19. The molecule has 0 unspecified atom stereocenters. The Morgan fingerprint density at radius 2 is 1.86 bits per heavy atom. The van der Waals surface area contributed by atoms with Crippen LogP contribution >= 0.6 is 23.2 Å². The lowest BCUT2D eigenvalue weighted by Gasteiger charge is -2.07. The molecular weight excluding hydrogens is 333 g/mol. The van der Waals surface area contributed by atoms with E-state index in [1.807, 2.05) is 0 Å². The van der Waals surface area contributed by atoms with Crippen molar-refractivity contribution in [3.63, 3.8) is 0 Å². The van der Waals surface area contributed by atoms with Crippen LogP contribution in [0.2, 0.25) is 10.0 Å². The molecule has 22 heavy (non-hydrogen) atoms. The van der Waals surface area contributed by atoms with Gasteiger partial charge in [-0.2, -0.15) is 0 Å². The molecule has 0 aliphatic rings. The number of esters is 1. The minimum absolute atomic E-state index is 0.0152. The minimum Gasteiger partial charge on any atom is -0.475 e. The number of hydrogen-bond donors (Lipinski definition) is 0. The molecule has 8 heteroatoms. The Bertz CT molecular complexity index is 720. The van der Waals surface area contributed by atoms with Crippen LogP contribution in [0.3, 0.4) is 0 Å². The van der Waals surface area contributed by atoms with Crippen LogP contribution < -0.4 is 9.47 Å². The maximum absolute atomic E-state index is 11.7. The summed E-state index contributed by atoms with van der Waals surface area (Å²) in [4.78, 5) is 21.9. The topological polar surface area (TPSA) is 78.7 Å². The van der Waals surface area contributed by atoms with Crippen LogP contribution in [0, 0.1) is 10.1 Å². The Labute approximate surface area is 135 Å². The number of ether oxygens (including phenoxy) is 2. The molecule has 0 aromatic heterocycles. The first-order valence-electron chi connectivity index (χ1n) is 5.99. The molecule has 0 saturated heterocycles. The molecule has 0 spiro atoms. The third-order valence-electron chi connectivity index (χ3n) is 2.53. The lowest BCUT2D eigenvalue weighted by Crippen LogP contribution is -2.18. The first-order valence-corrected chi connectivity index (χ1v) is 6.75. The molecule has 0 aliphatic heterocycles. The van der Waals surface area contributed by atoms with Crippen LogP contribution in [0.4, 0.5) is 5.69 Å². The molecule has 0 saturated carbocycles. The van der Waals surface area contributed by atoms with Crippen LogP contribution in [-0.2, 0) is 4.79 Å². The molecule has 0 bridgehead atoms. The van der Waals surface area contributed by atoms with Gasteiger partial charge in [-0.15, -0.1) is 0 Å². The second-order valence-corrected chi connectivity index (χ2v) is 4.88. The van der Waals surface area contributed by atoms with Crippen molar-refractivity contribution in [2.45, 2.75) is 0 Å². The molecule has 2 rings (SSSR count). The third kappa shape index (κ3) is 4.09. The highest BCUT2D eigenvalue weighted by molar-refractivity contribution is 6.42. The number of carbonyl (C=O) groups excluding carboxylic acids is 1. The van der Waals surface area contributed by atoms with Gasteiger partial charge < -0.3 is 9.47 Å². The Morgan fingerprint density at radius 3 is 2.55 bits per heavy atom. The van der Waals surface area contributed by atoms with E-state index in [0.29, 0.717) is 5.02 Å². The monoisotopic (exact) mass is 341 g/mol. The Hall–Kier alpha value is -2.31. The summed E-state index contributed by atoms with van der Waals surface area (Å²) in [5, 5.41) is 11.4. The molecule has 114 valence electrons. The lowest BCUT2D eigenvalue weighted by molar-refractivity contribution is -0.385. The molecule has 0 aliphatic carbocycles. The van der Waals surface area contributed by atoms with E-state index in [1.165, 1.54) is 36.4 Å². The quantitative estimate of drug-likeness (QED) is 0.357. The average molecular weight is 342 g/mol. The van der Waals surface area contributed by atoms with Crippen molar-refractivity contribution in [3.05, 3.63) is 62.6 Å². The van der Waals surface area contributed by atoms with E-state index in [0.717, 1.165) is 0 Å². The molecule has 2 aromatic rings. The summed E-state index contributed by atoms with van der Waals surface area (Å²) < 4.78 is 10.1. The number of nitro groups is 1. The highest BCUT2D eigenvalue weighted by Gasteiger charge is 2.15. The summed E-state index contributed by atoms with van der Waals surface area (Å²) >= 11 is 11.5. The normalized spacial score (nSPS) is 10.1. The van der Waals surface area contributed by atoms with Crippen molar-refractivity contribution in [2.75, 3.05) is 6.61 Å². The van der Waals surface area contributed by atoms with Gasteiger partial charge in [0.25, 0.3) is 0 Å². The van der Waals surface area contributed by atoms with Crippen LogP contribution in [0.25, 0.3) is 0 Å². The molecule has 0 N–H and O–H groups in total. The predicted molar refractivity (Wildman–Crippen MR) is 80.7 cm³/mol. The van der Waals surface area contributed by atoms with Crippen LogP contribution in [0.15, 0.2) is 42.5 Å². The maximum Gasteiger partial charge on any atom is 0.349 e. The van der Waals surface area contributed by atoms with Gasteiger partial charge in [0.15, 0.2) is 12.4 Å². The Balaban J connectivity index is 1.98. The molecule has 0 atom stereocenters. The smallest absolute Gasteiger partial charge is 0.349 e. The standard InChI is InChI=1S/C14H9Cl2NO5/c15-10-6-5-9(7-11(10)16)22-14(18)8-21-13-4-2-1-3-12(13)17(19)20/h1-7H,8H2. The second-order valence-electron chi connectivity index (χ2n) is 4.06. The van der Waals surface area contributed by atoms with Crippen LogP contribution in [0.1, 0.15) is 0 Å². The number of carbonyl (C=O) groups is 1. The van der Waals surface area contributed by atoms with Crippen molar-refractivity contribution in [1.29, 1.82) is 0 Å². The first kappa shape index (κ1) is 16.1. The highest BCUT2D eigenvalue weighted by Crippen LogP contribution is 2.27. The highest BCUT2D eigenvalue weighted by atomic mass is 35.5. The van der Waals surface area contributed by atoms with E-state index in [4.69, 9.17) is 32.7 Å². The van der Waals surface area contributed by atoms with Gasteiger partial charge in [0.2, 0.25) is 0 Å².